The number of carbonyl (C=O) groups is 1. The Morgan fingerprint density at radius 1 is 1.20 bits per heavy atom. The third-order valence-corrected chi connectivity index (χ3v) is 2.95. The van der Waals surface area contributed by atoms with Crippen LogP contribution in [0.3, 0.4) is 0 Å². The van der Waals surface area contributed by atoms with Gasteiger partial charge in [-0.2, -0.15) is 0 Å². The maximum absolute atomic E-state index is 13.4. The van der Waals surface area contributed by atoms with Crippen LogP contribution in [0.25, 0.3) is 0 Å². The number of halogens is 1. The molecule has 0 aliphatic heterocycles. The highest BCUT2D eigenvalue weighted by atomic mass is 19.1. The number of amides is 1. The lowest BCUT2D eigenvalue weighted by Gasteiger charge is -2.07. The number of methoxy groups -OCH3 is 1. The Balaban J connectivity index is 1.89. The lowest BCUT2D eigenvalue weighted by Crippen LogP contribution is -2.26. The zero-order valence-corrected chi connectivity index (χ0v) is 11.2. The van der Waals surface area contributed by atoms with Crippen molar-refractivity contribution >= 4 is 5.91 Å². The van der Waals surface area contributed by atoms with E-state index in [2.05, 4.69) is 5.32 Å². The van der Waals surface area contributed by atoms with Crippen LogP contribution < -0.4 is 10.1 Å². The van der Waals surface area contributed by atoms with Gasteiger partial charge in [-0.05, 0) is 36.2 Å². The molecule has 4 heteroatoms. The van der Waals surface area contributed by atoms with E-state index in [0.29, 0.717) is 13.0 Å². The first-order chi connectivity index (χ1) is 9.70. The second kappa shape index (κ2) is 6.70. The fourth-order valence-electron chi connectivity index (χ4n) is 1.89. The van der Waals surface area contributed by atoms with Crippen molar-refractivity contribution in [3.8, 4) is 5.75 Å². The second-order valence-electron chi connectivity index (χ2n) is 4.34. The summed E-state index contributed by atoms with van der Waals surface area (Å²) in [7, 11) is 1.61. The van der Waals surface area contributed by atoms with Gasteiger partial charge >= 0.3 is 0 Å². The summed E-state index contributed by atoms with van der Waals surface area (Å²) in [5.74, 6) is -0.125. The molecule has 0 fully saturated rings. The number of ether oxygens (including phenoxy) is 1. The standard InChI is InChI=1S/C16H16FNO2/c1-20-13-6-4-5-12(11-13)9-10-18-16(19)14-7-2-3-8-15(14)17/h2-8,11H,9-10H2,1H3,(H,18,19). The average Bonchev–Trinajstić information content (AvgIpc) is 2.48. The van der Waals surface area contributed by atoms with E-state index < -0.39 is 11.7 Å². The third-order valence-electron chi connectivity index (χ3n) is 2.95. The molecule has 0 aromatic heterocycles. The van der Waals surface area contributed by atoms with E-state index in [1.54, 1.807) is 19.2 Å². The molecule has 0 unspecified atom stereocenters. The Hall–Kier alpha value is -2.36. The van der Waals surface area contributed by atoms with Crippen molar-refractivity contribution in [2.45, 2.75) is 6.42 Å². The zero-order valence-electron chi connectivity index (χ0n) is 11.2. The summed E-state index contributed by atoms with van der Waals surface area (Å²) < 4.78 is 18.5. The summed E-state index contributed by atoms with van der Waals surface area (Å²) in [6.45, 7) is 0.445. The monoisotopic (exact) mass is 273 g/mol. The van der Waals surface area contributed by atoms with Crippen LogP contribution >= 0.6 is 0 Å². The molecule has 0 bridgehead atoms. The van der Waals surface area contributed by atoms with E-state index in [9.17, 15) is 9.18 Å². The van der Waals surface area contributed by atoms with Gasteiger partial charge in [0.2, 0.25) is 0 Å². The molecule has 0 saturated heterocycles. The molecule has 2 rings (SSSR count). The summed E-state index contributed by atoms with van der Waals surface area (Å²) in [6, 6.07) is 13.6. The van der Waals surface area contributed by atoms with E-state index in [1.807, 2.05) is 24.3 Å². The Bertz CT molecular complexity index is 599. The number of hydrogen-bond acceptors (Lipinski definition) is 2. The molecule has 3 nitrogen and oxygen atoms in total. The molecule has 0 saturated carbocycles. The van der Waals surface area contributed by atoms with Gasteiger partial charge in [0, 0.05) is 6.54 Å². The van der Waals surface area contributed by atoms with Crippen LogP contribution in [-0.2, 0) is 6.42 Å². The third kappa shape index (κ3) is 3.57. The summed E-state index contributed by atoms with van der Waals surface area (Å²) in [5.41, 5.74) is 1.12. The van der Waals surface area contributed by atoms with E-state index >= 15 is 0 Å². The lowest BCUT2D eigenvalue weighted by atomic mass is 10.1. The maximum Gasteiger partial charge on any atom is 0.254 e. The van der Waals surface area contributed by atoms with Crippen molar-refractivity contribution in [3.63, 3.8) is 0 Å². The van der Waals surface area contributed by atoms with Crippen LogP contribution in [0.2, 0.25) is 0 Å². The molecular weight excluding hydrogens is 257 g/mol. The van der Waals surface area contributed by atoms with Crippen LogP contribution in [0.15, 0.2) is 48.5 Å². The van der Waals surface area contributed by atoms with Crippen LogP contribution in [-0.4, -0.2) is 19.6 Å². The second-order valence-corrected chi connectivity index (χ2v) is 4.34. The quantitative estimate of drug-likeness (QED) is 0.909. The Kier molecular flexibility index (Phi) is 4.71. The number of nitrogens with one attached hydrogen (secondary N) is 1. The number of carbonyl (C=O) groups excluding carboxylic acids is 1. The molecular formula is C16H16FNO2. The van der Waals surface area contributed by atoms with Crippen LogP contribution in [0.1, 0.15) is 15.9 Å². The minimum absolute atomic E-state index is 0.0677. The Morgan fingerprint density at radius 2 is 2.00 bits per heavy atom. The van der Waals surface area contributed by atoms with Crippen LogP contribution in [0.5, 0.6) is 5.75 Å². The molecule has 0 heterocycles. The van der Waals surface area contributed by atoms with Crippen molar-refractivity contribution in [2.24, 2.45) is 0 Å². The minimum Gasteiger partial charge on any atom is -0.497 e. The van der Waals surface area contributed by atoms with Crippen LogP contribution in [0, 0.1) is 5.82 Å². The molecule has 1 amide bonds. The van der Waals surface area contributed by atoms with Gasteiger partial charge in [-0.1, -0.05) is 24.3 Å². The van der Waals surface area contributed by atoms with Gasteiger partial charge in [-0.3, -0.25) is 4.79 Å². The summed E-state index contributed by atoms with van der Waals surface area (Å²) >= 11 is 0. The fourth-order valence-corrected chi connectivity index (χ4v) is 1.89. The smallest absolute Gasteiger partial charge is 0.254 e. The van der Waals surface area contributed by atoms with Gasteiger partial charge < -0.3 is 10.1 Å². The van der Waals surface area contributed by atoms with Crippen molar-refractivity contribution in [3.05, 3.63) is 65.5 Å². The number of rotatable bonds is 5. The average molecular weight is 273 g/mol. The van der Waals surface area contributed by atoms with Crippen molar-refractivity contribution in [2.75, 3.05) is 13.7 Å². The van der Waals surface area contributed by atoms with Gasteiger partial charge in [-0.15, -0.1) is 0 Å². The van der Waals surface area contributed by atoms with Crippen molar-refractivity contribution < 1.29 is 13.9 Å². The zero-order chi connectivity index (χ0) is 14.4. The topological polar surface area (TPSA) is 38.3 Å². The summed E-state index contributed by atoms with van der Waals surface area (Å²) in [6.07, 6.45) is 0.664. The molecule has 0 spiro atoms. The van der Waals surface area contributed by atoms with Gasteiger partial charge in [0.25, 0.3) is 5.91 Å². The van der Waals surface area contributed by atoms with Gasteiger partial charge in [0.05, 0.1) is 12.7 Å². The molecule has 0 aliphatic rings. The Labute approximate surface area is 117 Å². The summed E-state index contributed by atoms with van der Waals surface area (Å²) in [5, 5.41) is 2.71. The highest BCUT2D eigenvalue weighted by Gasteiger charge is 2.09. The van der Waals surface area contributed by atoms with E-state index in [4.69, 9.17) is 4.74 Å². The van der Waals surface area contributed by atoms with Gasteiger partial charge in [0.15, 0.2) is 0 Å². The molecule has 2 aromatic carbocycles. The fraction of sp³-hybridized carbons (Fsp3) is 0.188. The maximum atomic E-state index is 13.4. The lowest BCUT2D eigenvalue weighted by molar-refractivity contribution is 0.0950. The SMILES string of the molecule is COc1cccc(CCNC(=O)c2ccccc2F)c1. The van der Waals surface area contributed by atoms with E-state index in [1.165, 1.54) is 12.1 Å². The number of benzene rings is 2. The van der Waals surface area contributed by atoms with Gasteiger partial charge in [0.1, 0.15) is 11.6 Å². The van der Waals surface area contributed by atoms with E-state index in [0.717, 1.165) is 11.3 Å². The van der Waals surface area contributed by atoms with Gasteiger partial charge in [-0.25, -0.2) is 4.39 Å². The first-order valence-electron chi connectivity index (χ1n) is 6.36. The minimum atomic E-state index is -0.508. The molecule has 2 aromatic rings. The largest absolute Gasteiger partial charge is 0.497 e. The number of hydrogen-bond donors (Lipinski definition) is 1. The molecule has 0 atom stereocenters. The molecule has 20 heavy (non-hydrogen) atoms. The highest BCUT2D eigenvalue weighted by molar-refractivity contribution is 5.94. The summed E-state index contributed by atoms with van der Waals surface area (Å²) in [4.78, 5) is 11.8. The molecule has 0 radical (unpaired) electrons. The van der Waals surface area contributed by atoms with Crippen molar-refractivity contribution in [1.29, 1.82) is 0 Å². The predicted octanol–water partition coefficient (Wildman–Crippen LogP) is 2.81. The van der Waals surface area contributed by atoms with Crippen LogP contribution in [0.4, 0.5) is 4.39 Å². The van der Waals surface area contributed by atoms with Crippen molar-refractivity contribution in [1.82, 2.24) is 5.32 Å². The van der Waals surface area contributed by atoms with E-state index in [-0.39, 0.29) is 5.56 Å². The molecule has 1 N–H and O–H groups in total. The first-order valence-corrected chi connectivity index (χ1v) is 6.36. The Morgan fingerprint density at radius 3 is 2.75 bits per heavy atom. The highest BCUT2D eigenvalue weighted by Crippen LogP contribution is 2.12. The molecule has 104 valence electrons. The molecule has 0 aliphatic carbocycles. The normalized spacial score (nSPS) is 10.1. The first kappa shape index (κ1) is 14.1. The predicted molar refractivity (Wildman–Crippen MR) is 75.4 cm³/mol.